The maximum Gasteiger partial charge on any atom is 0.308 e. The van der Waals surface area contributed by atoms with Crippen molar-refractivity contribution >= 4 is 44.0 Å². The quantitative estimate of drug-likeness (QED) is 0.192. The minimum Gasteiger partial charge on any atom is -0.550 e. The van der Waals surface area contributed by atoms with Crippen LogP contribution in [0, 0.1) is 0 Å². The second-order valence-corrected chi connectivity index (χ2v) is 9.31. The van der Waals surface area contributed by atoms with Gasteiger partial charge in [-0.2, -0.15) is 16.8 Å². The molecule has 1 aliphatic rings. The predicted molar refractivity (Wildman–Crippen MR) is 79.2 cm³/mol. The standard InChI is InChI=1S/C12H17NO12S2/c14-8-6-12(26(20,21)22,27(23,24)25)11(19)13(8)7(10(17)18)4-2-1-3-5-9(15)16/h7H,1-6H2,(H,15,16)(H,17,18)(H,20,21,22)(H,23,24,25)/p-2. The SMILES string of the molecule is O=C([O-])CCCCCC(C(=O)[O-])N1C(=O)CC(S(=O)(=O)O)(S(=O)(=O)O)C1=O. The summed E-state index contributed by atoms with van der Waals surface area (Å²) in [6, 6.07) is -2.08. The van der Waals surface area contributed by atoms with Crippen molar-refractivity contribution in [3.8, 4) is 0 Å². The lowest BCUT2D eigenvalue weighted by Crippen LogP contribution is -2.56. The highest BCUT2D eigenvalue weighted by molar-refractivity contribution is 8.06. The number of likely N-dealkylation sites (tertiary alicyclic amines) is 1. The van der Waals surface area contributed by atoms with Gasteiger partial charge in [0, 0.05) is 5.97 Å². The molecule has 1 unspecified atom stereocenters. The van der Waals surface area contributed by atoms with Crippen LogP contribution in [0.25, 0.3) is 0 Å². The second-order valence-electron chi connectivity index (χ2n) is 5.75. The van der Waals surface area contributed by atoms with E-state index in [1.165, 1.54) is 0 Å². The van der Waals surface area contributed by atoms with Crippen molar-refractivity contribution in [2.24, 2.45) is 0 Å². The molecule has 0 saturated carbocycles. The molecule has 0 spiro atoms. The van der Waals surface area contributed by atoms with Crippen molar-refractivity contribution < 1.29 is 55.3 Å². The molecule has 15 heteroatoms. The van der Waals surface area contributed by atoms with Crippen LogP contribution in [0.2, 0.25) is 0 Å². The minimum absolute atomic E-state index is 0.0479. The van der Waals surface area contributed by atoms with Crippen molar-refractivity contribution in [3.63, 3.8) is 0 Å². The summed E-state index contributed by atoms with van der Waals surface area (Å²) in [7, 11) is -11.7. The summed E-state index contributed by atoms with van der Waals surface area (Å²) in [6.45, 7) is 0. The van der Waals surface area contributed by atoms with Crippen LogP contribution in [0.5, 0.6) is 0 Å². The van der Waals surface area contributed by atoms with Gasteiger partial charge >= 0.3 is 4.08 Å². The van der Waals surface area contributed by atoms with Crippen LogP contribution in [0.3, 0.4) is 0 Å². The molecular formula is C12H15NO12S2-2. The van der Waals surface area contributed by atoms with Gasteiger partial charge in [-0.1, -0.05) is 12.8 Å². The van der Waals surface area contributed by atoms with Gasteiger partial charge in [0.05, 0.1) is 18.4 Å². The summed E-state index contributed by atoms with van der Waals surface area (Å²) in [4.78, 5) is 45.7. The van der Waals surface area contributed by atoms with Crippen LogP contribution < -0.4 is 10.2 Å². The summed E-state index contributed by atoms with van der Waals surface area (Å²) in [6.07, 6.45) is -2.36. The first-order valence-electron chi connectivity index (χ1n) is 7.38. The van der Waals surface area contributed by atoms with Gasteiger partial charge in [0.15, 0.2) is 0 Å². The van der Waals surface area contributed by atoms with Gasteiger partial charge in [-0.25, -0.2) is 0 Å². The third kappa shape index (κ3) is 4.42. The van der Waals surface area contributed by atoms with Crippen LogP contribution in [0.4, 0.5) is 0 Å². The normalized spacial score (nSPS) is 18.5. The molecule has 2 N–H and O–H groups in total. The van der Waals surface area contributed by atoms with Gasteiger partial charge < -0.3 is 19.8 Å². The second kappa shape index (κ2) is 7.87. The number of aliphatic carboxylic acids is 2. The van der Waals surface area contributed by atoms with Crippen molar-refractivity contribution in [3.05, 3.63) is 0 Å². The molecule has 27 heavy (non-hydrogen) atoms. The van der Waals surface area contributed by atoms with E-state index in [1.54, 1.807) is 0 Å². The van der Waals surface area contributed by atoms with E-state index in [9.17, 15) is 46.2 Å². The number of nitrogens with zero attached hydrogens (tertiary/aromatic N) is 1. The highest BCUT2D eigenvalue weighted by Crippen LogP contribution is 2.37. The van der Waals surface area contributed by atoms with Crippen LogP contribution in [0.1, 0.15) is 38.5 Å². The zero-order valence-electron chi connectivity index (χ0n) is 13.6. The molecule has 2 amide bonds. The summed E-state index contributed by atoms with van der Waals surface area (Å²) >= 11 is 0. The first-order valence-corrected chi connectivity index (χ1v) is 10.3. The molecule has 1 fully saturated rings. The fourth-order valence-corrected chi connectivity index (χ4v) is 4.96. The average Bonchev–Trinajstić information content (AvgIpc) is 2.74. The zero-order valence-corrected chi connectivity index (χ0v) is 15.2. The minimum atomic E-state index is -5.87. The Morgan fingerprint density at radius 3 is 1.93 bits per heavy atom. The summed E-state index contributed by atoms with van der Waals surface area (Å²) in [5.41, 5.74) is 0. The molecular weight excluding hydrogens is 414 g/mol. The molecule has 13 nitrogen and oxygen atoms in total. The number of unbranched alkanes of at least 4 members (excludes halogenated alkanes) is 2. The van der Waals surface area contributed by atoms with E-state index in [1.807, 2.05) is 0 Å². The van der Waals surface area contributed by atoms with Gasteiger partial charge in [0.2, 0.25) is 5.91 Å². The number of amides is 2. The number of carbonyl (C=O) groups is 4. The fourth-order valence-electron chi connectivity index (χ4n) is 2.64. The van der Waals surface area contributed by atoms with Gasteiger partial charge in [0.1, 0.15) is 0 Å². The molecule has 0 aromatic heterocycles. The van der Waals surface area contributed by atoms with Crippen LogP contribution in [-0.4, -0.2) is 64.7 Å². The van der Waals surface area contributed by atoms with E-state index in [0.29, 0.717) is 0 Å². The molecule has 1 saturated heterocycles. The Hall–Kier alpha value is -2.10. The van der Waals surface area contributed by atoms with Gasteiger partial charge in [-0.3, -0.25) is 23.6 Å². The highest BCUT2D eigenvalue weighted by atomic mass is 32.3. The van der Waals surface area contributed by atoms with Crippen LogP contribution in [0.15, 0.2) is 0 Å². The van der Waals surface area contributed by atoms with Crippen molar-refractivity contribution in [1.29, 1.82) is 0 Å². The molecule has 154 valence electrons. The van der Waals surface area contributed by atoms with E-state index in [4.69, 9.17) is 9.11 Å². The van der Waals surface area contributed by atoms with Crippen molar-refractivity contribution in [1.82, 2.24) is 4.90 Å². The average molecular weight is 429 g/mol. The van der Waals surface area contributed by atoms with Crippen molar-refractivity contribution in [2.45, 2.75) is 48.6 Å². The molecule has 0 aromatic rings. The predicted octanol–water partition coefficient (Wildman–Crippen LogP) is -3.96. The van der Waals surface area contributed by atoms with Crippen LogP contribution >= 0.6 is 0 Å². The summed E-state index contributed by atoms with van der Waals surface area (Å²) < 4.78 is 60.1. The Kier molecular flexibility index (Phi) is 6.69. The molecule has 0 bridgehead atoms. The molecule has 1 aliphatic heterocycles. The van der Waals surface area contributed by atoms with Crippen molar-refractivity contribution in [2.75, 3.05) is 0 Å². The van der Waals surface area contributed by atoms with E-state index in [0.717, 1.165) is 0 Å². The number of carbonyl (C=O) groups excluding carboxylic acids is 4. The lowest BCUT2D eigenvalue weighted by Gasteiger charge is -2.28. The van der Waals surface area contributed by atoms with Gasteiger partial charge in [0.25, 0.3) is 26.1 Å². The molecule has 1 heterocycles. The smallest absolute Gasteiger partial charge is 0.308 e. The van der Waals surface area contributed by atoms with E-state index < -0.39 is 67.0 Å². The maximum atomic E-state index is 12.3. The number of rotatable bonds is 10. The van der Waals surface area contributed by atoms with E-state index in [2.05, 4.69) is 0 Å². The Balaban J connectivity index is 3.16. The van der Waals surface area contributed by atoms with E-state index in [-0.39, 0.29) is 30.6 Å². The molecule has 0 aliphatic carbocycles. The summed E-state index contributed by atoms with van der Waals surface area (Å²) in [5.74, 6) is -7.07. The Bertz CT molecular complexity index is 827. The molecule has 0 radical (unpaired) electrons. The highest BCUT2D eigenvalue weighted by Gasteiger charge is 2.69. The van der Waals surface area contributed by atoms with Gasteiger partial charge in [-0.05, 0) is 19.3 Å². The monoisotopic (exact) mass is 429 g/mol. The number of carboxylic acids is 2. The fraction of sp³-hybridized carbons (Fsp3) is 0.667. The number of imide groups is 1. The lowest BCUT2D eigenvalue weighted by molar-refractivity contribution is -0.311. The molecule has 1 rings (SSSR count). The third-order valence-electron chi connectivity index (χ3n) is 3.97. The Labute approximate surface area is 153 Å². The number of hydrogen-bond acceptors (Lipinski definition) is 10. The first kappa shape index (κ1) is 22.9. The Morgan fingerprint density at radius 2 is 1.56 bits per heavy atom. The largest absolute Gasteiger partial charge is 0.550 e. The summed E-state index contributed by atoms with van der Waals surface area (Å²) in [5, 5.41) is 21.6. The molecule has 0 aromatic carbocycles. The molecule has 1 atom stereocenters. The zero-order chi connectivity index (χ0) is 21.2. The first-order chi connectivity index (χ1) is 12.2. The maximum absolute atomic E-state index is 12.3. The number of hydrogen-bond donors (Lipinski definition) is 2. The Morgan fingerprint density at radius 1 is 1.04 bits per heavy atom. The number of carboxylic acid groups (broad SMARTS) is 2. The van der Waals surface area contributed by atoms with Crippen LogP contribution in [-0.2, 0) is 39.4 Å². The lowest BCUT2D eigenvalue weighted by atomic mass is 10.1. The topological polar surface area (TPSA) is 226 Å². The van der Waals surface area contributed by atoms with E-state index >= 15 is 0 Å². The van der Waals surface area contributed by atoms with Gasteiger partial charge in [-0.15, -0.1) is 0 Å². The third-order valence-corrected chi connectivity index (χ3v) is 7.54.